The molecule has 0 aromatic heterocycles. The molecule has 2 saturated heterocycles. The van der Waals surface area contributed by atoms with E-state index in [2.05, 4.69) is 0 Å². The van der Waals surface area contributed by atoms with Gasteiger partial charge < -0.3 is 47.7 Å². The SMILES string of the molecule is CC(=O)O[C@@H]1[C@@H](OC(C)=O)[C@H](C)O[C@@H](O[C@H]2[C@H](OCc3ccccc3)[C@@H](OCc3ccccc3)[C@@H](O)O[C@@H]2COCc2ccccc2)[C@@H]1OC(C)=O. The minimum atomic E-state index is -1.47. The third-order valence-corrected chi connectivity index (χ3v) is 8.50. The van der Waals surface area contributed by atoms with Gasteiger partial charge in [-0.25, -0.2) is 0 Å². The molecule has 5 rings (SSSR count). The summed E-state index contributed by atoms with van der Waals surface area (Å²) >= 11 is 0. The van der Waals surface area contributed by atoms with Gasteiger partial charge in [0.25, 0.3) is 0 Å². The summed E-state index contributed by atoms with van der Waals surface area (Å²) < 4.78 is 54.7. The van der Waals surface area contributed by atoms with E-state index < -0.39 is 79.3 Å². The van der Waals surface area contributed by atoms with Crippen molar-refractivity contribution in [2.75, 3.05) is 6.61 Å². The highest BCUT2D eigenvalue weighted by molar-refractivity contribution is 5.68. The van der Waals surface area contributed by atoms with Crippen LogP contribution in [0.3, 0.4) is 0 Å². The number of hydrogen-bond acceptors (Lipinski definition) is 13. The predicted molar refractivity (Wildman–Crippen MR) is 183 cm³/mol. The number of esters is 3. The number of carbonyl (C=O) groups excluding carboxylic acids is 3. The maximum atomic E-state index is 12.5. The van der Waals surface area contributed by atoms with Gasteiger partial charge in [-0.1, -0.05) is 91.0 Å². The molecule has 13 nitrogen and oxygen atoms in total. The summed E-state index contributed by atoms with van der Waals surface area (Å²) in [5, 5.41) is 11.5. The molecule has 1 N–H and O–H groups in total. The first-order valence-electron chi connectivity index (χ1n) is 17.2. The minimum Gasteiger partial charge on any atom is -0.456 e. The molecule has 0 bridgehead atoms. The number of carbonyl (C=O) groups is 3. The fourth-order valence-electron chi connectivity index (χ4n) is 6.20. The van der Waals surface area contributed by atoms with Crippen LogP contribution < -0.4 is 0 Å². The summed E-state index contributed by atoms with van der Waals surface area (Å²) in [6.07, 6.45) is -11.7. The molecule has 0 amide bonds. The van der Waals surface area contributed by atoms with Gasteiger partial charge in [-0.05, 0) is 23.6 Å². The van der Waals surface area contributed by atoms with Crippen LogP contribution in [0, 0.1) is 0 Å². The summed E-state index contributed by atoms with van der Waals surface area (Å²) in [7, 11) is 0. The normalized spacial score (nSPS) is 28.8. The molecule has 2 fully saturated rings. The van der Waals surface area contributed by atoms with Gasteiger partial charge in [-0.3, -0.25) is 14.4 Å². The van der Waals surface area contributed by atoms with E-state index in [1.54, 1.807) is 6.92 Å². The lowest BCUT2D eigenvalue weighted by Gasteiger charge is -2.48. The summed E-state index contributed by atoms with van der Waals surface area (Å²) in [6, 6.07) is 28.4. The first-order valence-corrected chi connectivity index (χ1v) is 17.2. The van der Waals surface area contributed by atoms with E-state index in [0.29, 0.717) is 0 Å². The van der Waals surface area contributed by atoms with Crippen LogP contribution in [0.15, 0.2) is 91.0 Å². The molecule has 0 saturated carbocycles. The van der Waals surface area contributed by atoms with E-state index in [9.17, 15) is 19.5 Å². The van der Waals surface area contributed by atoms with E-state index in [1.165, 1.54) is 20.8 Å². The summed E-state index contributed by atoms with van der Waals surface area (Å²) in [6.45, 7) is 5.59. The molecule has 3 aromatic rings. The smallest absolute Gasteiger partial charge is 0.303 e. The minimum absolute atomic E-state index is 0.0584. The Morgan fingerprint density at radius 2 is 1.04 bits per heavy atom. The molecule has 2 heterocycles. The van der Waals surface area contributed by atoms with Crippen molar-refractivity contribution in [1.29, 1.82) is 0 Å². The Morgan fingerprint density at radius 1 is 0.577 bits per heavy atom. The predicted octanol–water partition coefficient (Wildman–Crippen LogP) is 4.02. The molecule has 0 unspecified atom stereocenters. The number of hydrogen-bond donors (Lipinski definition) is 1. The Hall–Kier alpha value is -4.21. The van der Waals surface area contributed by atoms with Gasteiger partial charge in [0, 0.05) is 20.8 Å². The second-order valence-electron chi connectivity index (χ2n) is 12.6. The van der Waals surface area contributed by atoms with Gasteiger partial charge in [0.15, 0.2) is 30.9 Å². The van der Waals surface area contributed by atoms with Crippen molar-refractivity contribution in [3.05, 3.63) is 108 Å². The van der Waals surface area contributed by atoms with E-state index in [-0.39, 0.29) is 26.4 Å². The van der Waals surface area contributed by atoms with Crippen molar-refractivity contribution in [2.45, 2.75) is 109 Å². The fourth-order valence-corrected chi connectivity index (χ4v) is 6.20. The molecule has 13 heteroatoms. The average molecular weight is 723 g/mol. The van der Waals surface area contributed by atoms with Crippen molar-refractivity contribution in [1.82, 2.24) is 0 Å². The zero-order valence-electron chi connectivity index (χ0n) is 29.6. The zero-order valence-corrected chi connectivity index (χ0v) is 29.6. The van der Waals surface area contributed by atoms with Crippen LogP contribution in [0.1, 0.15) is 44.4 Å². The largest absolute Gasteiger partial charge is 0.456 e. The molecule has 0 radical (unpaired) electrons. The van der Waals surface area contributed by atoms with Gasteiger partial charge >= 0.3 is 17.9 Å². The van der Waals surface area contributed by atoms with Crippen LogP contribution in [0.5, 0.6) is 0 Å². The van der Waals surface area contributed by atoms with Crippen LogP contribution in [0.2, 0.25) is 0 Å². The molecule has 10 atom stereocenters. The molecule has 2 aliphatic heterocycles. The molecule has 52 heavy (non-hydrogen) atoms. The highest BCUT2D eigenvalue weighted by atomic mass is 16.8. The number of aliphatic hydroxyl groups excluding tert-OH is 1. The van der Waals surface area contributed by atoms with E-state index in [0.717, 1.165) is 16.7 Å². The Morgan fingerprint density at radius 3 is 1.56 bits per heavy atom. The van der Waals surface area contributed by atoms with Crippen molar-refractivity contribution in [3.63, 3.8) is 0 Å². The topological polar surface area (TPSA) is 155 Å². The first kappa shape index (κ1) is 39.0. The van der Waals surface area contributed by atoms with Gasteiger partial charge in [-0.2, -0.15) is 0 Å². The van der Waals surface area contributed by atoms with Crippen LogP contribution >= 0.6 is 0 Å². The number of benzene rings is 3. The zero-order chi connectivity index (χ0) is 37.0. The van der Waals surface area contributed by atoms with E-state index >= 15 is 0 Å². The van der Waals surface area contributed by atoms with Crippen LogP contribution in [-0.4, -0.2) is 91.0 Å². The van der Waals surface area contributed by atoms with Crippen molar-refractivity contribution in [3.8, 4) is 0 Å². The quantitative estimate of drug-likeness (QED) is 0.178. The summed E-state index contributed by atoms with van der Waals surface area (Å²) in [5.41, 5.74) is 2.61. The van der Waals surface area contributed by atoms with E-state index in [4.69, 9.17) is 42.6 Å². The number of rotatable bonds is 15. The van der Waals surface area contributed by atoms with Crippen molar-refractivity contribution in [2.24, 2.45) is 0 Å². The molecular formula is C39H46O13. The second kappa shape index (κ2) is 19.0. The standard InChI is InChI=1S/C39H46O13/c1-24-32(48-25(2)40)35(49-26(3)41)37(50-27(4)42)39(47-24)52-33-31(23-44-20-28-14-8-5-9-15-28)51-38(43)36(46-22-30-18-12-7-13-19-30)34(33)45-21-29-16-10-6-11-17-29/h5-19,24,31-39,43H,20-23H2,1-4H3/t24-,31+,32-,33+,34-,35+,36+,37+,38-,39-/m0/s1. The van der Waals surface area contributed by atoms with Gasteiger partial charge in [0.05, 0.1) is 32.5 Å². The Labute approximate surface area is 302 Å². The van der Waals surface area contributed by atoms with Crippen molar-refractivity contribution < 1.29 is 62.1 Å². The lowest BCUT2D eigenvalue weighted by atomic mass is 9.96. The van der Waals surface area contributed by atoms with Crippen LogP contribution in [-0.2, 0) is 76.8 Å². The third-order valence-electron chi connectivity index (χ3n) is 8.50. The maximum absolute atomic E-state index is 12.5. The van der Waals surface area contributed by atoms with E-state index in [1.807, 2.05) is 91.0 Å². The van der Waals surface area contributed by atoms with Gasteiger partial charge in [-0.15, -0.1) is 0 Å². The fraction of sp³-hybridized carbons (Fsp3) is 0.462. The molecule has 0 aliphatic carbocycles. The Kier molecular flexibility index (Phi) is 14.3. The molecule has 3 aromatic carbocycles. The van der Waals surface area contributed by atoms with Crippen molar-refractivity contribution >= 4 is 17.9 Å². The van der Waals surface area contributed by atoms with Crippen LogP contribution in [0.4, 0.5) is 0 Å². The van der Waals surface area contributed by atoms with Crippen LogP contribution in [0.25, 0.3) is 0 Å². The third kappa shape index (κ3) is 10.9. The highest BCUT2D eigenvalue weighted by Crippen LogP contribution is 2.35. The molecular weight excluding hydrogens is 676 g/mol. The van der Waals surface area contributed by atoms with Gasteiger partial charge in [0.1, 0.15) is 24.4 Å². The second-order valence-corrected chi connectivity index (χ2v) is 12.6. The molecule has 2 aliphatic rings. The monoisotopic (exact) mass is 722 g/mol. The lowest BCUT2D eigenvalue weighted by molar-refractivity contribution is -0.362. The summed E-state index contributed by atoms with van der Waals surface area (Å²) in [5.74, 6) is -2.09. The van der Waals surface area contributed by atoms with Gasteiger partial charge in [0.2, 0.25) is 0 Å². The lowest BCUT2D eigenvalue weighted by Crippen LogP contribution is -2.66. The summed E-state index contributed by atoms with van der Waals surface area (Å²) in [4.78, 5) is 36.9. The highest BCUT2D eigenvalue weighted by Gasteiger charge is 2.55. The Balaban J connectivity index is 1.50. The number of aliphatic hydroxyl groups is 1. The Bertz CT molecular complexity index is 1560. The number of ether oxygens (including phenoxy) is 9. The average Bonchev–Trinajstić information content (AvgIpc) is 3.12. The first-order chi connectivity index (χ1) is 25.1. The maximum Gasteiger partial charge on any atom is 0.303 e. The molecule has 0 spiro atoms. The molecule has 280 valence electrons.